The molecule has 2 fully saturated rings. The van der Waals surface area contributed by atoms with Crippen LogP contribution in [0.1, 0.15) is 77.6 Å². The Morgan fingerprint density at radius 1 is 1.00 bits per heavy atom. The van der Waals surface area contributed by atoms with Crippen LogP contribution in [0.4, 0.5) is 0 Å². The monoisotopic (exact) mass is 238 g/mol. The largest absolute Gasteiger partial charge is 0.393 e. The number of aliphatic hydroxyl groups is 1. The van der Waals surface area contributed by atoms with Gasteiger partial charge < -0.3 is 5.11 Å². The molecule has 2 rings (SSSR count). The molecule has 0 amide bonds. The summed E-state index contributed by atoms with van der Waals surface area (Å²) in [6.45, 7) is 2.29. The fourth-order valence-electron chi connectivity index (χ4n) is 4.26. The molecule has 0 aliphatic heterocycles. The van der Waals surface area contributed by atoms with E-state index in [4.69, 9.17) is 0 Å². The van der Waals surface area contributed by atoms with E-state index in [1.54, 1.807) is 0 Å². The Morgan fingerprint density at radius 2 is 1.88 bits per heavy atom. The lowest BCUT2D eigenvalue weighted by molar-refractivity contribution is 0.0185. The number of hydrogen-bond donors (Lipinski definition) is 1. The van der Waals surface area contributed by atoms with Crippen molar-refractivity contribution in [3.8, 4) is 0 Å². The van der Waals surface area contributed by atoms with Crippen molar-refractivity contribution in [2.45, 2.75) is 83.7 Å². The van der Waals surface area contributed by atoms with Crippen molar-refractivity contribution in [2.24, 2.45) is 17.8 Å². The van der Waals surface area contributed by atoms with Crippen LogP contribution in [0.5, 0.6) is 0 Å². The van der Waals surface area contributed by atoms with Gasteiger partial charge in [0.05, 0.1) is 6.10 Å². The molecule has 0 saturated heterocycles. The van der Waals surface area contributed by atoms with Crippen molar-refractivity contribution >= 4 is 0 Å². The molecular weight excluding hydrogens is 208 g/mol. The average molecular weight is 238 g/mol. The summed E-state index contributed by atoms with van der Waals surface area (Å²) in [5.41, 5.74) is 0. The predicted molar refractivity (Wildman–Crippen MR) is 72.9 cm³/mol. The second-order valence-electron chi connectivity index (χ2n) is 6.43. The van der Waals surface area contributed by atoms with Gasteiger partial charge in [-0.15, -0.1) is 0 Å². The fraction of sp³-hybridized carbons (Fsp3) is 1.00. The summed E-state index contributed by atoms with van der Waals surface area (Å²) in [6.07, 6.45) is 14.9. The lowest BCUT2D eigenvalue weighted by Crippen LogP contribution is -2.35. The molecule has 1 heteroatoms. The molecule has 0 bridgehead atoms. The molecule has 1 nitrogen and oxygen atoms in total. The van der Waals surface area contributed by atoms with Crippen LogP contribution >= 0.6 is 0 Å². The molecule has 1 N–H and O–H groups in total. The van der Waals surface area contributed by atoms with E-state index in [1.165, 1.54) is 57.8 Å². The highest BCUT2D eigenvalue weighted by atomic mass is 16.3. The zero-order chi connectivity index (χ0) is 12.1. The molecule has 0 aromatic carbocycles. The summed E-state index contributed by atoms with van der Waals surface area (Å²) in [6, 6.07) is 0. The topological polar surface area (TPSA) is 20.2 Å². The molecule has 0 radical (unpaired) electrons. The van der Waals surface area contributed by atoms with Crippen molar-refractivity contribution in [3.63, 3.8) is 0 Å². The molecule has 17 heavy (non-hydrogen) atoms. The van der Waals surface area contributed by atoms with Crippen LogP contribution in [0.2, 0.25) is 0 Å². The fourth-order valence-corrected chi connectivity index (χ4v) is 4.26. The van der Waals surface area contributed by atoms with E-state index in [0.717, 1.165) is 30.6 Å². The Hall–Kier alpha value is -0.0400. The van der Waals surface area contributed by atoms with Crippen molar-refractivity contribution in [3.05, 3.63) is 0 Å². The van der Waals surface area contributed by atoms with Crippen molar-refractivity contribution in [1.29, 1.82) is 0 Å². The van der Waals surface area contributed by atoms with Gasteiger partial charge in [-0.05, 0) is 37.0 Å². The Labute approximate surface area is 107 Å². The molecule has 2 saturated carbocycles. The third-order valence-corrected chi connectivity index (χ3v) is 5.20. The predicted octanol–water partition coefficient (Wildman–Crippen LogP) is 4.53. The van der Waals surface area contributed by atoms with E-state index in [9.17, 15) is 5.11 Å². The van der Waals surface area contributed by atoms with Crippen molar-refractivity contribution in [1.82, 2.24) is 0 Å². The second-order valence-corrected chi connectivity index (χ2v) is 6.43. The Kier molecular flexibility index (Phi) is 5.34. The van der Waals surface area contributed by atoms with Crippen LogP contribution in [0.15, 0.2) is 0 Å². The summed E-state index contributed by atoms with van der Waals surface area (Å²) in [7, 11) is 0. The molecule has 4 unspecified atom stereocenters. The zero-order valence-electron chi connectivity index (χ0n) is 11.5. The van der Waals surface area contributed by atoms with Crippen LogP contribution in [0.25, 0.3) is 0 Å². The summed E-state index contributed by atoms with van der Waals surface area (Å²) in [5, 5.41) is 9.78. The minimum absolute atomic E-state index is 0.0232. The molecule has 0 spiro atoms. The van der Waals surface area contributed by atoms with Crippen molar-refractivity contribution < 1.29 is 5.11 Å². The number of hydrogen-bond acceptors (Lipinski definition) is 1. The third kappa shape index (κ3) is 3.71. The molecule has 2 aliphatic carbocycles. The maximum absolute atomic E-state index is 9.78. The van der Waals surface area contributed by atoms with Crippen LogP contribution in [-0.4, -0.2) is 11.2 Å². The van der Waals surface area contributed by atoms with E-state index in [2.05, 4.69) is 6.92 Å². The summed E-state index contributed by atoms with van der Waals surface area (Å²) in [5.74, 6) is 2.83. The first-order valence-electron chi connectivity index (χ1n) is 7.99. The van der Waals surface area contributed by atoms with Gasteiger partial charge in [0.25, 0.3) is 0 Å². The number of rotatable bonds is 5. The van der Waals surface area contributed by atoms with E-state index in [-0.39, 0.29) is 6.10 Å². The van der Waals surface area contributed by atoms with Gasteiger partial charge in [-0.2, -0.15) is 0 Å². The number of fused-ring (bicyclic) bond motifs is 1. The molecular formula is C16H30O. The normalized spacial score (nSPS) is 37.8. The summed E-state index contributed by atoms with van der Waals surface area (Å²) >= 11 is 0. The highest BCUT2D eigenvalue weighted by Gasteiger charge is 2.36. The first-order chi connectivity index (χ1) is 8.31. The number of aliphatic hydroxyl groups excluding tert-OH is 1. The minimum Gasteiger partial charge on any atom is -0.393 e. The van der Waals surface area contributed by atoms with Gasteiger partial charge in [-0.3, -0.25) is 0 Å². The lowest BCUT2D eigenvalue weighted by Gasteiger charge is -2.43. The summed E-state index contributed by atoms with van der Waals surface area (Å²) in [4.78, 5) is 0. The molecule has 0 heterocycles. The van der Waals surface area contributed by atoms with E-state index in [0.29, 0.717) is 0 Å². The average Bonchev–Trinajstić information content (AvgIpc) is 2.34. The van der Waals surface area contributed by atoms with Crippen molar-refractivity contribution in [2.75, 3.05) is 0 Å². The SMILES string of the molecule is CCCCCCC1CCCC2CC(O)CCC12. The van der Waals surface area contributed by atoms with Gasteiger partial charge in [0, 0.05) is 0 Å². The number of unbranched alkanes of at least 4 members (excludes halogenated alkanes) is 3. The van der Waals surface area contributed by atoms with Gasteiger partial charge in [0.2, 0.25) is 0 Å². The van der Waals surface area contributed by atoms with Gasteiger partial charge in [0.15, 0.2) is 0 Å². The van der Waals surface area contributed by atoms with E-state index < -0.39 is 0 Å². The van der Waals surface area contributed by atoms with Gasteiger partial charge in [-0.25, -0.2) is 0 Å². The van der Waals surface area contributed by atoms with Crippen LogP contribution in [-0.2, 0) is 0 Å². The standard InChI is InChI=1S/C16H30O/c1-2-3-4-5-7-13-8-6-9-14-12-15(17)10-11-16(13)14/h13-17H,2-12H2,1H3. The highest BCUT2D eigenvalue weighted by Crippen LogP contribution is 2.45. The molecule has 4 atom stereocenters. The zero-order valence-corrected chi connectivity index (χ0v) is 11.5. The first-order valence-corrected chi connectivity index (χ1v) is 7.99. The van der Waals surface area contributed by atoms with Gasteiger partial charge in [-0.1, -0.05) is 58.3 Å². The Balaban J connectivity index is 1.77. The Bertz CT molecular complexity index is 214. The molecule has 2 aliphatic rings. The third-order valence-electron chi connectivity index (χ3n) is 5.20. The Morgan fingerprint density at radius 3 is 2.71 bits per heavy atom. The minimum atomic E-state index is 0.0232. The molecule has 100 valence electrons. The van der Waals surface area contributed by atoms with Gasteiger partial charge in [0.1, 0.15) is 0 Å². The quantitative estimate of drug-likeness (QED) is 0.697. The van der Waals surface area contributed by atoms with E-state index >= 15 is 0 Å². The lowest BCUT2D eigenvalue weighted by atomic mass is 9.64. The van der Waals surface area contributed by atoms with Crippen LogP contribution in [0.3, 0.4) is 0 Å². The van der Waals surface area contributed by atoms with Crippen LogP contribution < -0.4 is 0 Å². The highest BCUT2D eigenvalue weighted by molar-refractivity contribution is 4.87. The first kappa shape index (κ1) is 13.4. The van der Waals surface area contributed by atoms with Crippen LogP contribution in [0, 0.1) is 17.8 Å². The smallest absolute Gasteiger partial charge is 0.0543 e. The maximum atomic E-state index is 9.78. The molecule has 0 aromatic rings. The second kappa shape index (κ2) is 6.78. The van der Waals surface area contributed by atoms with Gasteiger partial charge >= 0.3 is 0 Å². The maximum Gasteiger partial charge on any atom is 0.0543 e. The molecule has 0 aromatic heterocycles. The summed E-state index contributed by atoms with van der Waals surface area (Å²) < 4.78 is 0. The van der Waals surface area contributed by atoms with E-state index in [1.807, 2.05) is 0 Å².